The molecule has 0 spiro atoms. The molecule has 1 N–H and O–H groups in total. The predicted octanol–water partition coefficient (Wildman–Crippen LogP) is 3.44. The van der Waals surface area contributed by atoms with Gasteiger partial charge in [-0.2, -0.15) is 0 Å². The first-order valence-electron chi connectivity index (χ1n) is 7.86. The minimum atomic E-state index is -0.0739. The molecule has 1 aliphatic rings. The predicted molar refractivity (Wildman–Crippen MR) is 86.8 cm³/mol. The lowest BCUT2D eigenvalue weighted by molar-refractivity contribution is 0.0652. The summed E-state index contributed by atoms with van der Waals surface area (Å²) in [5.74, 6) is 0.891. The summed E-state index contributed by atoms with van der Waals surface area (Å²) in [5, 5.41) is 3.23. The van der Waals surface area contributed by atoms with E-state index >= 15 is 0 Å². The summed E-state index contributed by atoms with van der Waals surface area (Å²) in [5.41, 5.74) is 1.61. The lowest BCUT2D eigenvalue weighted by Crippen LogP contribution is -2.41. The maximum atomic E-state index is 12.7. The molecule has 116 valence electrons. The quantitative estimate of drug-likeness (QED) is 0.923. The van der Waals surface area contributed by atoms with Crippen LogP contribution in [-0.4, -0.2) is 35.4 Å². The van der Waals surface area contributed by atoms with Gasteiger partial charge in [-0.15, -0.1) is 0 Å². The van der Waals surface area contributed by atoms with Crippen LogP contribution in [0.15, 0.2) is 12.1 Å². The largest absolute Gasteiger partial charge is 0.370 e. The van der Waals surface area contributed by atoms with Gasteiger partial charge in [-0.3, -0.25) is 4.79 Å². The van der Waals surface area contributed by atoms with Crippen LogP contribution in [0.5, 0.6) is 0 Å². The molecule has 21 heavy (non-hydrogen) atoms. The molecule has 0 aliphatic heterocycles. The number of rotatable bonds is 4. The molecule has 0 atom stereocenters. The Labute approximate surface area is 127 Å². The second kappa shape index (κ2) is 6.04. The van der Waals surface area contributed by atoms with Crippen LogP contribution in [0.1, 0.15) is 63.0 Å². The number of nitrogens with zero attached hydrogens (tertiary/aromatic N) is 2. The third kappa shape index (κ3) is 3.55. The van der Waals surface area contributed by atoms with Crippen LogP contribution in [0.25, 0.3) is 0 Å². The van der Waals surface area contributed by atoms with Crippen molar-refractivity contribution in [2.75, 3.05) is 18.9 Å². The summed E-state index contributed by atoms with van der Waals surface area (Å²) < 4.78 is 0. The van der Waals surface area contributed by atoms with E-state index in [1.165, 1.54) is 6.42 Å². The Kier molecular flexibility index (Phi) is 4.55. The third-order valence-electron chi connectivity index (χ3n) is 4.14. The van der Waals surface area contributed by atoms with E-state index in [9.17, 15) is 4.79 Å². The second-order valence-electron chi connectivity index (χ2n) is 6.91. The Morgan fingerprint density at radius 3 is 2.52 bits per heavy atom. The Balaban J connectivity index is 2.32. The highest BCUT2D eigenvalue weighted by molar-refractivity contribution is 5.95. The molecule has 1 fully saturated rings. The highest BCUT2D eigenvalue weighted by Crippen LogP contribution is 2.27. The maximum absolute atomic E-state index is 12.7. The van der Waals surface area contributed by atoms with E-state index in [2.05, 4.69) is 31.1 Å². The van der Waals surface area contributed by atoms with Crippen molar-refractivity contribution < 1.29 is 4.79 Å². The molecular weight excluding hydrogens is 262 g/mol. The molecule has 1 heterocycles. The summed E-state index contributed by atoms with van der Waals surface area (Å²) in [6, 6.07) is 4.22. The van der Waals surface area contributed by atoms with E-state index < -0.39 is 0 Å². The number of carbonyl (C=O) groups excluding carboxylic acids is 1. The van der Waals surface area contributed by atoms with Gasteiger partial charge in [-0.1, -0.05) is 20.8 Å². The van der Waals surface area contributed by atoms with Crippen molar-refractivity contribution in [3.8, 4) is 0 Å². The van der Waals surface area contributed by atoms with Crippen LogP contribution in [0.4, 0.5) is 5.82 Å². The smallest absolute Gasteiger partial charge is 0.254 e. The molecule has 0 radical (unpaired) electrons. The zero-order chi connectivity index (χ0) is 15.6. The van der Waals surface area contributed by atoms with Gasteiger partial charge in [-0.05, 0) is 38.3 Å². The number of hydrogen-bond donors (Lipinski definition) is 1. The molecule has 1 aliphatic carbocycles. The topological polar surface area (TPSA) is 45.2 Å². The first kappa shape index (κ1) is 15.8. The molecule has 1 saturated carbocycles. The molecule has 2 rings (SSSR count). The fourth-order valence-electron chi connectivity index (χ4n) is 2.45. The van der Waals surface area contributed by atoms with E-state index in [1.807, 2.05) is 31.0 Å². The minimum Gasteiger partial charge on any atom is -0.370 e. The number of pyridine rings is 1. The van der Waals surface area contributed by atoms with Crippen molar-refractivity contribution in [3.63, 3.8) is 0 Å². The Hall–Kier alpha value is -1.58. The molecule has 1 aromatic rings. The zero-order valence-electron chi connectivity index (χ0n) is 13.9. The van der Waals surface area contributed by atoms with Crippen LogP contribution in [-0.2, 0) is 5.41 Å². The molecule has 0 saturated heterocycles. The lowest BCUT2D eigenvalue weighted by Gasteiger charge is -2.35. The molecule has 1 aromatic heterocycles. The molecule has 0 unspecified atom stereocenters. The van der Waals surface area contributed by atoms with Gasteiger partial charge in [0, 0.05) is 36.3 Å². The average Bonchev–Trinajstić information content (AvgIpc) is 2.34. The van der Waals surface area contributed by atoms with E-state index in [-0.39, 0.29) is 11.3 Å². The normalized spacial score (nSPS) is 15.5. The molecule has 0 aromatic carbocycles. The van der Waals surface area contributed by atoms with E-state index in [4.69, 9.17) is 0 Å². The van der Waals surface area contributed by atoms with Crippen molar-refractivity contribution in [3.05, 3.63) is 23.4 Å². The Morgan fingerprint density at radius 2 is 2.05 bits per heavy atom. The third-order valence-corrected chi connectivity index (χ3v) is 4.14. The number of amides is 1. The van der Waals surface area contributed by atoms with Crippen LogP contribution >= 0.6 is 0 Å². The van der Waals surface area contributed by atoms with Gasteiger partial charge in [0.1, 0.15) is 5.82 Å². The van der Waals surface area contributed by atoms with Crippen molar-refractivity contribution >= 4 is 11.7 Å². The molecule has 0 bridgehead atoms. The lowest BCUT2D eigenvalue weighted by atomic mass is 9.89. The van der Waals surface area contributed by atoms with Gasteiger partial charge in [0.15, 0.2) is 0 Å². The number of carbonyl (C=O) groups is 1. The molecule has 1 amide bonds. The first-order chi connectivity index (χ1) is 9.82. The van der Waals surface area contributed by atoms with Crippen molar-refractivity contribution in [2.45, 2.75) is 58.4 Å². The monoisotopic (exact) mass is 289 g/mol. The van der Waals surface area contributed by atoms with E-state index in [1.54, 1.807) is 0 Å². The highest BCUT2D eigenvalue weighted by Gasteiger charge is 2.27. The molecular formula is C17H27N3O. The Bertz CT molecular complexity index is 515. The van der Waals surface area contributed by atoms with Crippen molar-refractivity contribution in [1.82, 2.24) is 9.88 Å². The molecule has 4 nitrogen and oxygen atoms in total. The number of anilines is 1. The van der Waals surface area contributed by atoms with Crippen LogP contribution in [0.3, 0.4) is 0 Å². The highest BCUT2D eigenvalue weighted by atomic mass is 16.2. The Morgan fingerprint density at radius 1 is 1.38 bits per heavy atom. The van der Waals surface area contributed by atoms with E-state index in [0.717, 1.165) is 36.5 Å². The van der Waals surface area contributed by atoms with Gasteiger partial charge < -0.3 is 10.2 Å². The zero-order valence-corrected chi connectivity index (χ0v) is 13.9. The SMILES string of the molecule is CCNc1cc(C(=O)N(C)C2CCC2)cc(C(C)(C)C)n1. The molecule has 4 heteroatoms. The summed E-state index contributed by atoms with van der Waals surface area (Å²) in [6.07, 6.45) is 3.48. The standard InChI is InChI=1S/C17H27N3O/c1-6-18-15-11-12(10-14(19-15)17(2,3)4)16(21)20(5)13-8-7-9-13/h10-11,13H,6-9H2,1-5H3,(H,18,19). The van der Waals surface area contributed by atoms with Gasteiger partial charge in [0.2, 0.25) is 0 Å². The summed E-state index contributed by atoms with van der Waals surface area (Å²) >= 11 is 0. The summed E-state index contributed by atoms with van der Waals surface area (Å²) in [7, 11) is 1.91. The van der Waals surface area contributed by atoms with Crippen LogP contribution < -0.4 is 5.32 Å². The number of hydrogen-bond acceptors (Lipinski definition) is 3. The van der Waals surface area contributed by atoms with Crippen molar-refractivity contribution in [2.24, 2.45) is 0 Å². The van der Waals surface area contributed by atoms with Crippen LogP contribution in [0, 0.1) is 0 Å². The summed E-state index contributed by atoms with van der Waals surface area (Å²) in [4.78, 5) is 19.2. The number of aromatic nitrogens is 1. The van der Waals surface area contributed by atoms with Crippen molar-refractivity contribution in [1.29, 1.82) is 0 Å². The van der Waals surface area contributed by atoms with Gasteiger partial charge in [-0.25, -0.2) is 4.98 Å². The summed E-state index contributed by atoms with van der Waals surface area (Å²) in [6.45, 7) is 9.19. The van der Waals surface area contributed by atoms with Gasteiger partial charge >= 0.3 is 0 Å². The number of nitrogens with one attached hydrogen (secondary N) is 1. The fraction of sp³-hybridized carbons (Fsp3) is 0.647. The average molecular weight is 289 g/mol. The van der Waals surface area contributed by atoms with Gasteiger partial charge in [0.05, 0.1) is 0 Å². The van der Waals surface area contributed by atoms with Crippen LogP contribution in [0.2, 0.25) is 0 Å². The maximum Gasteiger partial charge on any atom is 0.254 e. The first-order valence-corrected chi connectivity index (χ1v) is 7.86. The van der Waals surface area contributed by atoms with Gasteiger partial charge in [0.25, 0.3) is 5.91 Å². The second-order valence-corrected chi connectivity index (χ2v) is 6.91. The minimum absolute atomic E-state index is 0.0739. The van der Waals surface area contributed by atoms with E-state index in [0.29, 0.717) is 6.04 Å². The fourth-order valence-corrected chi connectivity index (χ4v) is 2.45.